The summed E-state index contributed by atoms with van der Waals surface area (Å²) in [5.41, 5.74) is 10.1. The molecule has 0 spiro atoms. The zero-order valence-electron chi connectivity index (χ0n) is 17.2. The third-order valence-corrected chi connectivity index (χ3v) is 5.20. The second kappa shape index (κ2) is 7.39. The van der Waals surface area contributed by atoms with E-state index >= 15 is 0 Å². The van der Waals surface area contributed by atoms with Gasteiger partial charge in [0.05, 0.1) is 34.9 Å². The van der Waals surface area contributed by atoms with Crippen LogP contribution < -0.4 is 5.73 Å². The van der Waals surface area contributed by atoms with Crippen LogP contribution in [0.4, 0.5) is 5.69 Å². The van der Waals surface area contributed by atoms with Gasteiger partial charge < -0.3 is 15.4 Å². The highest BCUT2D eigenvalue weighted by atomic mass is 16.5. The first-order valence-corrected chi connectivity index (χ1v) is 9.40. The number of benzene rings is 1. The molecule has 2 N–H and O–H groups in total. The van der Waals surface area contributed by atoms with Crippen molar-refractivity contribution in [3.63, 3.8) is 0 Å². The van der Waals surface area contributed by atoms with E-state index in [9.17, 15) is 9.59 Å². The molecule has 1 heterocycles. The molecule has 0 saturated carbocycles. The number of Topliss-reactive ketones (excluding diaryl/α,β-unsaturated/α-hetero) is 1. The quantitative estimate of drug-likeness (QED) is 0.801. The fourth-order valence-electron chi connectivity index (χ4n) is 3.77. The average Bonchev–Trinajstić information content (AvgIpc) is 2.93. The van der Waals surface area contributed by atoms with Gasteiger partial charge in [-0.3, -0.25) is 9.59 Å². The number of ketones is 1. The molecule has 0 atom stereocenters. The molecule has 1 aromatic heterocycles. The van der Waals surface area contributed by atoms with Crippen LogP contribution in [-0.2, 0) is 11.2 Å². The second-order valence-corrected chi connectivity index (χ2v) is 8.25. The lowest BCUT2D eigenvalue weighted by Crippen LogP contribution is -2.30. The summed E-state index contributed by atoms with van der Waals surface area (Å²) >= 11 is 0. The number of aryl methyl sites for hydroxylation is 1. The number of rotatable bonds is 5. The van der Waals surface area contributed by atoms with E-state index < -0.39 is 0 Å². The highest BCUT2D eigenvalue weighted by Gasteiger charge is 2.36. The molecule has 0 radical (unpaired) electrons. The van der Waals surface area contributed by atoms with E-state index in [0.717, 1.165) is 12.1 Å². The number of amides is 1. The summed E-state index contributed by atoms with van der Waals surface area (Å²) in [5, 5.41) is 4.59. The van der Waals surface area contributed by atoms with Crippen LogP contribution in [0.5, 0.6) is 0 Å². The Morgan fingerprint density at radius 2 is 2.07 bits per heavy atom. The van der Waals surface area contributed by atoms with Gasteiger partial charge in [-0.2, -0.15) is 5.10 Å². The van der Waals surface area contributed by atoms with Crippen molar-refractivity contribution in [1.29, 1.82) is 0 Å². The predicted molar refractivity (Wildman–Crippen MR) is 108 cm³/mol. The normalized spacial score (nSPS) is 15.4. The number of likely N-dealkylation sites (N-methyl/N-ethyl adjacent to an activating group) is 1. The largest absolute Gasteiger partial charge is 0.397 e. The molecule has 1 aliphatic carbocycles. The van der Waals surface area contributed by atoms with Gasteiger partial charge in [0.15, 0.2) is 5.78 Å². The van der Waals surface area contributed by atoms with Gasteiger partial charge in [-0.05, 0) is 37.0 Å². The number of hydrogen-bond donors (Lipinski definition) is 1. The maximum absolute atomic E-state index is 12.6. The Bertz CT molecular complexity index is 930. The molecule has 3 rings (SSSR count). The molecule has 150 valence electrons. The lowest BCUT2D eigenvalue weighted by atomic mass is 9.75. The molecule has 0 unspecified atom stereocenters. The van der Waals surface area contributed by atoms with Gasteiger partial charge in [0.2, 0.25) is 0 Å². The van der Waals surface area contributed by atoms with Crippen molar-refractivity contribution in [3.05, 3.63) is 40.7 Å². The van der Waals surface area contributed by atoms with Crippen molar-refractivity contribution in [1.82, 2.24) is 14.7 Å². The topological polar surface area (TPSA) is 90.5 Å². The average molecular weight is 384 g/mol. The predicted octanol–water partition coefficient (Wildman–Crippen LogP) is 2.64. The van der Waals surface area contributed by atoms with Crippen molar-refractivity contribution in [3.8, 4) is 5.69 Å². The van der Waals surface area contributed by atoms with Crippen molar-refractivity contribution in [2.75, 3.05) is 33.0 Å². The van der Waals surface area contributed by atoms with Crippen LogP contribution in [0.1, 0.15) is 52.4 Å². The third-order valence-electron chi connectivity index (χ3n) is 5.20. The van der Waals surface area contributed by atoms with Crippen molar-refractivity contribution in [2.24, 2.45) is 5.41 Å². The van der Waals surface area contributed by atoms with Crippen molar-refractivity contribution < 1.29 is 14.3 Å². The van der Waals surface area contributed by atoms with Crippen LogP contribution in [-0.4, -0.2) is 53.7 Å². The monoisotopic (exact) mass is 384 g/mol. The number of nitrogens with two attached hydrogens (primary N) is 1. The van der Waals surface area contributed by atoms with Gasteiger partial charge in [0.25, 0.3) is 5.91 Å². The zero-order chi connectivity index (χ0) is 20.6. The summed E-state index contributed by atoms with van der Waals surface area (Å²) in [6.07, 6.45) is 1.26. The van der Waals surface area contributed by atoms with E-state index in [2.05, 4.69) is 18.9 Å². The number of carbonyl (C=O) groups is 2. The molecule has 0 bridgehead atoms. The Kier molecular flexibility index (Phi) is 5.30. The van der Waals surface area contributed by atoms with Crippen molar-refractivity contribution in [2.45, 2.75) is 33.6 Å². The van der Waals surface area contributed by atoms with Crippen LogP contribution in [0.15, 0.2) is 18.2 Å². The molecule has 1 aliphatic rings. The van der Waals surface area contributed by atoms with Gasteiger partial charge in [-0.25, -0.2) is 4.68 Å². The van der Waals surface area contributed by atoms with Gasteiger partial charge in [-0.15, -0.1) is 0 Å². The smallest absolute Gasteiger partial charge is 0.253 e. The molecule has 1 aromatic carbocycles. The Morgan fingerprint density at radius 1 is 1.36 bits per heavy atom. The van der Waals surface area contributed by atoms with E-state index in [1.807, 2.05) is 6.92 Å². The number of anilines is 1. The number of nitrogens with zero attached hydrogens (tertiary/aromatic N) is 3. The number of carbonyl (C=O) groups excluding carboxylic acids is 2. The van der Waals surface area contributed by atoms with E-state index in [0.29, 0.717) is 47.8 Å². The molecule has 0 aliphatic heterocycles. The van der Waals surface area contributed by atoms with Crippen LogP contribution in [0, 0.1) is 12.3 Å². The van der Waals surface area contributed by atoms with Gasteiger partial charge in [0.1, 0.15) is 0 Å². The molecule has 7 heteroatoms. The van der Waals surface area contributed by atoms with E-state index in [4.69, 9.17) is 10.5 Å². The number of hydrogen-bond acceptors (Lipinski definition) is 5. The highest BCUT2D eigenvalue weighted by molar-refractivity contribution is 6.00. The lowest BCUT2D eigenvalue weighted by molar-refractivity contribution is 0.0744. The standard InChI is InChI=1S/C21H28N4O3/c1-13-19-17(11-21(2,3)12-18(19)26)25(23-13)16-7-6-14(10-15(16)22)20(27)24(4)8-9-28-5/h6-7,10H,8-9,11-12,22H2,1-5H3. The summed E-state index contributed by atoms with van der Waals surface area (Å²) in [4.78, 5) is 26.8. The Balaban J connectivity index is 1.97. The molecular formula is C21H28N4O3. The third kappa shape index (κ3) is 3.67. The van der Waals surface area contributed by atoms with E-state index in [-0.39, 0.29) is 17.1 Å². The first kappa shape index (κ1) is 20.1. The van der Waals surface area contributed by atoms with Gasteiger partial charge in [0, 0.05) is 32.7 Å². The summed E-state index contributed by atoms with van der Waals surface area (Å²) in [7, 11) is 3.33. The molecular weight excluding hydrogens is 356 g/mol. The molecule has 1 amide bonds. The molecule has 7 nitrogen and oxygen atoms in total. The fourth-order valence-corrected chi connectivity index (χ4v) is 3.77. The van der Waals surface area contributed by atoms with E-state index in [1.54, 1.807) is 41.9 Å². The lowest BCUT2D eigenvalue weighted by Gasteiger charge is -2.29. The maximum atomic E-state index is 12.6. The summed E-state index contributed by atoms with van der Waals surface area (Å²) in [5.74, 6) is 0.00502. The van der Waals surface area contributed by atoms with Gasteiger partial charge in [-0.1, -0.05) is 13.8 Å². The Labute approximate surface area is 165 Å². The van der Waals surface area contributed by atoms with Gasteiger partial charge >= 0.3 is 0 Å². The first-order valence-electron chi connectivity index (χ1n) is 9.40. The minimum atomic E-state index is -0.122. The molecule has 28 heavy (non-hydrogen) atoms. The minimum Gasteiger partial charge on any atom is -0.397 e. The molecule has 2 aromatic rings. The first-order chi connectivity index (χ1) is 13.1. The van der Waals surface area contributed by atoms with E-state index in [1.165, 1.54) is 0 Å². The Morgan fingerprint density at radius 3 is 2.71 bits per heavy atom. The molecule has 0 fully saturated rings. The SMILES string of the molecule is COCCN(C)C(=O)c1ccc(-n2nc(C)c3c2CC(C)(C)CC3=O)c(N)c1. The number of ether oxygens (including phenoxy) is 1. The Hall–Kier alpha value is -2.67. The second-order valence-electron chi connectivity index (χ2n) is 8.25. The fraction of sp³-hybridized carbons (Fsp3) is 0.476. The minimum absolute atomic E-state index is 0.120. The van der Waals surface area contributed by atoms with Crippen LogP contribution in [0.25, 0.3) is 5.69 Å². The maximum Gasteiger partial charge on any atom is 0.253 e. The number of aromatic nitrogens is 2. The van der Waals surface area contributed by atoms with Crippen molar-refractivity contribution >= 4 is 17.4 Å². The van der Waals surface area contributed by atoms with Crippen LogP contribution in [0.3, 0.4) is 0 Å². The summed E-state index contributed by atoms with van der Waals surface area (Å²) in [6, 6.07) is 5.21. The number of fused-ring (bicyclic) bond motifs is 1. The zero-order valence-corrected chi connectivity index (χ0v) is 17.2. The number of methoxy groups -OCH3 is 1. The summed E-state index contributed by atoms with van der Waals surface area (Å²) < 4.78 is 6.79. The van der Waals surface area contributed by atoms with Crippen LogP contribution >= 0.6 is 0 Å². The molecule has 0 saturated heterocycles. The van der Waals surface area contributed by atoms with Crippen LogP contribution in [0.2, 0.25) is 0 Å². The number of nitrogen functional groups attached to an aromatic ring is 1. The highest BCUT2D eigenvalue weighted by Crippen LogP contribution is 2.37. The summed E-state index contributed by atoms with van der Waals surface area (Å²) in [6.45, 7) is 6.99.